The van der Waals surface area contributed by atoms with E-state index in [1.807, 2.05) is 6.92 Å². The lowest BCUT2D eigenvalue weighted by molar-refractivity contribution is 0.0698. The van der Waals surface area contributed by atoms with Crippen LogP contribution in [0.5, 0.6) is 0 Å². The fourth-order valence-corrected chi connectivity index (χ4v) is 2.17. The molecule has 0 saturated carbocycles. The van der Waals surface area contributed by atoms with Gasteiger partial charge in [0.15, 0.2) is 0 Å². The van der Waals surface area contributed by atoms with Crippen LogP contribution in [0.25, 0.3) is 0 Å². The number of carboxylic acid groups (broad SMARTS) is 1. The van der Waals surface area contributed by atoms with Crippen LogP contribution in [0.15, 0.2) is 39.4 Å². The van der Waals surface area contributed by atoms with Gasteiger partial charge in [-0.1, -0.05) is 22.9 Å². The van der Waals surface area contributed by atoms with E-state index in [0.29, 0.717) is 22.2 Å². The van der Waals surface area contributed by atoms with E-state index in [1.165, 1.54) is 12.3 Å². The summed E-state index contributed by atoms with van der Waals surface area (Å²) in [4.78, 5) is 23.3. The first-order chi connectivity index (χ1) is 9.52. The Kier molecular flexibility index (Phi) is 4.24. The minimum atomic E-state index is -1.10. The van der Waals surface area contributed by atoms with Crippen LogP contribution in [0.4, 0.5) is 5.69 Å². The van der Waals surface area contributed by atoms with Crippen molar-refractivity contribution in [3.05, 3.63) is 51.9 Å². The van der Waals surface area contributed by atoms with Gasteiger partial charge in [0.2, 0.25) is 0 Å². The lowest BCUT2D eigenvalue weighted by Crippen LogP contribution is -2.15. The molecule has 2 aromatic rings. The van der Waals surface area contributed by atoms with Crippen molar-refractivity contribution >= 4 is 33.5 Å². The average molecular weight is 338 g/mol. The molecule has 1 aromatic carbocycles. The second kappa shape index (κ2) is 5.92. The van der Waals surface area contributed by atoms with Crippen LogP contribution in [-0.4, -0.2) is 17.0 Å². The first kappa shape index (κ1) is 14.3. The maximum atomic E-state index is 12.2. The zero-order chi connectivity index (χ0) is 14.7. The summed E-state index contributed by atoms with van der Waals surface area (Å²) in [6, 6.07) is 6.15. The topological polar surface area (TPSA) is 79.5 Å². The molecule has 0 saturated heterocycles. The molecule has 0 aliphatic heterocycles. The van der Waals surface area contributed by atoms with Gasteiger partial charge in [-0.05, 0) is 24.3 Å². The molecule has 0 aliphatic rings. The molecule has 0 fully saturated rings. The highest BCUT2D eigenvalue weighted by molar-refractivity contribution is 9.10. The zero-order valence-electron chi connectivity index (χ0n) is 10.6. The third-order valence-corrected chi connectivity index (χ3v) is 3.26. The van der Waals surface area contributed by atoms with Gasteiger partial charge in [-0.15, -0.1) is 0 Å². The van der Waals surface area contributed by atoms with E-state index < -0.39 is 11.9 Å². The number of furan rings is 1. The van der Waals surface area contributed by atoms with Crippen LogP contribution in [-0.2, 0) is 6.42 Å². The Morgan fingerprint density at radius 2 is 2.05 bits per heavy atom. The maximum absolute atomic E-state index is 12.2. The third kappa shape index (κ3) is 2.91. The van der Waals surface area contributed by atoms with Crippen molar-refractivity contribution in [2.45, 2.75) is 13.3 Å². The van der Waals surface area contributed by atoms with Gasteiger partial charge in [-0.3, -0.25) is 4.79 Å². The molecule has 2 rings (SSSR count). The number of halogens is 1. The van der Waals surface area contributed by atoms with Crippen LogP contribution in [0, 0.1) is 0 Å². The Balaban J connectivity index is 2.32. The van der Waals surface area contributed by atoms with E-state index in [2.05, 4.69) is 21.2 Å². The number of hydrogen-bond donors (Lipinski definition) is 2. The van der Waals surface area contributed by atoms with E-state index in [-0.39, 0.29) is 11.3 Å². The SMILES string of the molecule is CCc1occc1C(=O)Nc1cc(Br)ccc1C(=O)O. The first-order valence-electron chi connectivity index (χ1n) is 5.93. The van der Waals surface area contributed by atoms with Gasteiger partial charge in [0.05, 0.1) is 23.1 Å². The van der Waals surface area contributed by atoms with Crippen molar-refractivity contribution in [3.63, 3.8) is 0 Å². The smallest absolute Gasteiger partial charge is 0.337 e. The van der Waals surface area contributed by atoms with E-state index in [0.717, 1.165) is 0 Å². The molecule has 0 spiro atoms. The predicted octanol–water partition coefficient (Wildman–Crippen LogP) is 3.56. The Hall–Kier alpha value is -2.08. The van der Waals surface area contributed by atoms with Crippen LogP contribution >= 0.6 is 15.9 Å². The summed E-state index contributed by atoms with van der Waals surface area (Å²) >= 11 is 3.25. The summed E-state index contributed by atoms with van der Waals surface area (Å²) in [5.41, 5.74) is 0.673. The third-order valence-electron chi connectivity index (χ3n) is 2.77. The van der Waals surface area contributed by atoms with Crippen LogP contribution in [0.3, 0.4) is 0 Å². The van der Waals surface area contributed by atoms with Gasteiger partial charge in [0, 0.05) is 10.9 Å². The summed E-state index contributed by atoms with van der Waals surface area (Å²) in [7, 11) is 0. The van der Waals surface area contributed by atoms with Gasteiger partial charge < -0.3 is 14.8 Å². The molecule has 20 heavy (non-hydrogen) atoms. The molecular formula is C14H12BrNO4. The monoisotopic (exact) mass is 337 g/mol. The summed E-state index contributed by atoms with van der Waals surface area (Å²) in [5, 5.41) is 11.7. The number of benzene rings is 1. The highest BCUT2D eigenvalue weighted by atomic mass is 79.9. The second-order valence-electron chi connectivity index (χ2n) is 4.06. The molecule has 0 aliphatic carbocycles. The van der Waals surface area contributed by atoms with Gasteiger partial charge in [0.25, 0.3) is 5.91 Å². The van der Waals surface area contributed by atoms with Crippen molar-refractivity contribution in [1.82, 2.24) is 0 Å². The Bertz CT molecular complexity index is 663. The number of carbonyl (C=O) groups excluding carboxylic acids is 1. The normalized spacial score (nSPS) is 10.3. The number of aromatic carboxylic acids is 1. The maximum Gasteiger partial charge on any atom is 0.337 e. The van der Waals surface area contributed by atoms with E-state index in [1.54, 1.807) is 18.2 Å². The molecular weight excluding hydrogens is 326 g/mol. The van der Waals surface area contributed by atoms with Gasteiger partial charge in [0.1, 0.15) is 5.76 Å². The zero-order valence-corrected chi connectivity index (χ0v) is 12.2. The largest absolute Gasteiger partial charge is 0.478 e. The predicted molar refractivity (Wildman–Crippen MR) is 77.1 cm³/mol. The molecule has 0 atom stereocenters. The van der Waals surface area contributed by atoms with Crippen LogP contribution < -0.4 is 5.32 Å². The minimum absolute atomic E-state index is 0.0306. The molecule has 5 nitrogen and oxygen atoms in total. The number of amides is 1. The van der Waals surface area contributed by atoms with Crippen LogP contribution in [0.2, 0.25) is 0 Å². The highest BCUT2D eigenvalue weighted by Gasteiger charge is 2.17. The molecule has 1 heterocycles. The quantitative estimate of drug-likeness (QED) is 0.893. The molecule has 2 N–H and O–H groups in total. The summed E-state index contributed by atoms with van der Waals surface area (Å²) in [5.74, 6) is -0.929. The molecule has 1 amide bonds. The average Bonchev–Trinajstić information content (AvgIpc) is 2.86. The molecule has 1 aromatic heterocycles. The number of anilines is 1. The van der Waals surface area contributed by atoms with Gasteiger partial charge in [-0.2, -0.15) is 0 Å². The molecule has 104 valence electrons. The standard InChI is InChI=1S/C14H12BrNO4/c1-2-12-10(5-6-20-12)13(17)16-11-7-8(15)3-4-9(11)14(18)19/h3-7H,2H2,1H3,(H,16,17)(H,18,19). The van der Waals surface area contributed by atoms with Gasteiger partial charge >= 0.3 is 5.97 Å². The summed E-state index contributed by atoms with van der Waals surface area (Å²) < 4.78 is 5.87. The Labute approximate surface area is 123 Å². The minimum Gasteiger partial charge on any atom is -0.478 e. The van der Waals surface area contributed by atoms with Crippen LogP contribution in [0.1, 0.15) is 33.4 Å². The van der Waals surface area contributed by atoms with Gasteiger partial charge in [-0.25, -0.2) is 4.79 Å². The number of aryl methyl sites for hydroxylation is 1. The Morgan fingerprint density at radius 3 is 2.70 bits per heavy atom. The lowest BCUT2D eigenvalue weighted by Gasteiger charge is -2.09. The van der Waals surface area contributed by atoms with E-state index >= 15 is 0 Å². The first-order valence-corrected chi connectivity index (χ1v) is 6.72. The highest BCUT2D eigenvalue weighted by Crippen LogP contribution is 2.23. The molecule has 0 radical (unpaired) electrons. The number of hydrogen-bond acceptors (Lipinski definition) is 3. The summed E-state index contributed by atoms with van der Waals surface area (Å²) in [6.07, 6.45) is 2.02. The Morgan fingerprint density at radius 1 is 1.30 bits per heavy atom. The number of nitrogens with one attached hydrogen (secondary N) is 1. The van der Waals surface area contributed by atoms with Crippen molar-refractivity contribution in [1.29, 1.82) is 0 Å². The lowest BCUT2D eigenvalue weighted by atomic mass is 10.1. The summed E-state index contributed by atoms with van der Waals surface area (Å²) in [6.45, 7) is 1.87. The molecule has 0 bridgehead atoms. The van der Waals surface area contributed by atoms with E-state index in [4.69, 9.17) is 9.52 Å². The number of carbonyl (C=O) groups is 2. The van der Waals surface area contributed by atoms with Crippen molar-refractivity contribution in [3.8, 4) is 0 Å². The van der Waals surface area contributed by atoms with E-state index in [9.17, 15) is 9.59 Å². The fraction of sp³-hybridized carbons (Fsp3) is 0.143. The molecule has 6 heteroatoms. The fourth-order valence-electron chi connectivity index (χ4n) is 1.81. The molecule has 0 unspecified atom stereocenters. The van der Waals surface area contributed by atoms with Crippen molar-refractivity contribution < 1.29 is 19.1 Å². The van der Waals surface area contributed by atoms with Crippen molar-refractivity contribution in [2.75, 3.05) is 5.32 Å². The number of carboxylic acids is 1. The van der Waals surface area contributed by atoms with Crippen molar-refractivity contribution in [2.24, 2.45) is 0 Å². The number of rotatable bonds is 4. The second-order valence-corrected chi connectivity index (χ2v) is 4.98.